The Morgan fingerprint density at radius 1 is 1.12 bits per heavy atom. The van der Waals surface area contributed by atoms with E-state index in [-0.39, 0.29) is 0 Å². The van der Waals surface area contributed by atoms with Gasteiger partial charge >= 0.3 is 0 Å². The number of para-hydroxylation sites is 2. The average molecular weight is 369 g/mol. The second kappa shape index (κ2) is 6.32. The molecule has 26 heavy (non-hydrogen) atoms. The molecule has 1 saturated heterocycles. The summed E-state index contributed by atoms with van der Waals surface area (Å²) in [5.41, 5.74) is 1.84. The van der Waals surface area contributed by atoms with Crippen molar-refractivity contribution in [1.82, 2.24) is 24.2 Å². The molecule has 1 aliphatic heterocycles. The normalized spacial score (nSPS) is 19.4. The molecular formula is C19H23N5OS. The first kappa shape index (κ1) is 16.2. The van der Waals surface area contributed by atoms with Crippen molar-refractivity contribution < 1.29 is 4.42 Å². The second-order valence-corrected chi connectivity index (χ2v) is 7.89. The third-order valence-corrected chi connectivity index (χ3v) is 6.08. The van der Waals surface area contributed by atoms with Crippen LogP contribution in [0.3, 0.4) is 0 Å². The van der Waals surface area contributed by atoms with Crippen molar-refractivity contribution in [2.75, 3.05) is 13.1 Å². The molecule has 0 radical (unpaired) electrons. The summed E-state index contributed by atoms with van der Waals surface area (Å²) in [6.45, 7) is 2.81. The van der Waals surface area contributed by atoms with Crippen LogP contribution in [0.4, 0.5) is 0 Å². The molecule has 0 atom stereocenters. The summed E-state index contributed by atoms with van der Waals surface area (Å²) in [6.07, 6.45) is 4.61. The van der Waals surface area contributed by atoms with Crippen molar-refractivity contribution in [2.24, 2.45) is 7.05 Å². The molecule has 136 valence electrons. The van der Waals surface area contributed by atoms with E-state index in [9.17, 15) is 0 Å². The van der Waals surface area contributed by atoms with Gasteiger partial charge in [0, 0.05) is 32.0 Å². The summed E-state index contributed by atoms with van der Waals surface area (Å²) in [4.78, 5) is 7.11. The maximum Gasteiger partial charge on any atom is 0.198 e. The third-order valence-electron chi connectivity index (χ3n) is 5.60. The van der Waals surface area contributed by atoms with Gasteiger partial charge in [0.1, 0.15) is 11.3 Å². The zero-order valence-corrected chi connectivity index (χ0v) is 15.8. The number of nitrogens with zero attached hydrogens (tertiary/aromatic N) is 5. The van der Waals surface area contributed by atoms with E-state index >= 15 is 0 Å². The van der Waals surface area contributed by atoms with E-state index in [2.05, 4.69) is 14.5 Å². The van der Waals surface area contributed by atoms with Crippen molar-refractivity contribution >= 4 is 23.3 Å². The fourth-order valence-electron chi connectivity index (χ4n) is 3.87. The van der Waals surface area contributed by atoms with Gasteiger partial charge in [-0.3, -0.25) is 4.90 Å². The zero-order chi connectivity index (χ0) is 17.7. The van der Waals surface area contributed by atoms with Crippen molar-refractivity contribution in [3.05, 3.63) is 40.8 Å². The van der Waals surface area contributed by atoms with Crippen LogP contribution >= 0.6 is 12.2 Å². The SMILES string of the molecule is Cn1c(C2CC2)nn(CN2CCC(c3nc4ccccc4o3)CC2)c1=S. The van der Waals surface area contributed by atoms with E-state index in [1.807, 2.05) is 36.0 Å². The lowest BCUT2D eigenvalue weighted by Gasteiger charge is -2.30. The summed E-state index contributed by atoms with van der Waals surface area (Å²) >= 11 is 5.58. The molecule has 0 N–H and O–H groups in total. The Kier molecular flexibility index (Phi) is 3.94. The molecule has 1 saturated carbocycles. The molecule has 6 nitrogen and oxygen atoms in total. The predicted molar refractivity (Wildman–Crippen MR) is 102 cm³/mol. The van der Waals surface area contributed by atoms with Gasteiger partial charge in [-0.05, 0) is 50.0 Å². The molecule has 1 aliphatic carbocycles. The van der Waals surface area contributed by atoms with Gasteiger partial charge in [0.25, 0.3) is 0 Å². The van der Waals surface area contributed by atoms with Gasteiger partial charge in [-0.2, -0.15) is 5.10 Å². The number of piperidine rings is 1. The molecular weight excluding hydrogens is 346 g/mol. The lowest BCUT2D eigenvalue weighted by Crippen LogP contribution is -2.35. The minimum Gasteiger partial charge on any atom is -0.440 e. The Morgan fingerprint density at radius 2 is 1.88 bits per heavy atom. The van der Waals surface area contributed by atoms with Gasteiger partial charge in [-0.25, -0.2) is 9.67 Å². The van der Waals surface area contributed by atoms with E-state index in [0.717, 1.165) is 60.2 Å². The highest BCUT2D eigenvalue weighted by molar-refractivity contribution is 7.71. The van der Waals surface area contributed by atoms with Crippen LogP contribution in [0.25, 0.3) is 11.1 Å². The van der Waals surface area contributed by atoms with Crippen molar-refractivity contribution in [1.29, 1.82) is 0 Å². The lowest BCUT2D eigenvalue weighted by molar-refractivity contribution is 0.153. The fraction of sp³-hybridized carbons (Fsp3) is 0.526. The van der Waals surface area contributed by atoms with Gasteiger partial charge in [-0.15, -0.1) is 0 Å². The molecule has 3 aromatic rings. The first-order valence-corrected chi connectivity index (χ1v) is 9.81. The summed E-state index contributed by atoms with van der Waals surface area (Å²) in [5.74, 6) is 3.05. The minimum atomic E-state index is 0.400. The highest BCUT2D eigenvalue weighted by atomic mass is 32.1. The summed E-state index contributed by atoms with van der Waals surface area (Å²) < 4.78 is 10.9. The van der Waals surface area contributed by atoms with Crippen molar-refractivity contribution in [2.45, 2.75) is 44.2 Å². The maximum atomic E-state index is 5.97. The topological polar surface area (TPSA) is 52.0 Å². The largest absolute Gasteiger partial charge is 0.440 e. The minimum absolute atomic E-state index is 0.400. The molecule has 2 aromatic heterocycles. The monoisotopic (exact) mass is 369 g/mol. The molecule has 0 unspecified atom stereocenters. The lowest BCUT2D eigenvalue weighted by atomic mass is 9.97. The standard InChI is InChI=1S/C19H23N5OS/c1-22-17(13-6-7-13)21-24(19(22)26)12-23-10-8-14(9-11-23)18-20-15-4-2-3-5-16(15)25-18/h2-5,13-14H,6-12H2,1H3. The Bertz CT molecular complexity index is 958. The van der Waals surface area contributed by atoms with E-state index in [4.69, 9.17) is 21.7 Å². The number of benzene rings is 1. The Labute approximate surface area is 157 Å². The van der Waals surface area contributed by atoms with Gasteiger partial charge in [-0.1, -0.05) is 12.1 Å². The van der Waals surface area contributed by atoms with Crippen LogP contribution in [0.2, 0.25) is 0 Å². The molecule has 1 aromatic carbocycles. The molecule has 0 bridgehead atoms. The first-order chi connectivity index (χ1) is 12.7. The predicted octanol–water partition coefficient (Wildman–Crippen LogP) is 3.81. The zero-order valence-electron chi connectivity index (χ0n) is 15.0. The second-order valence-electron chi connectivity index (χ2n) is 7.53. The van der Waals surface area contributed by atoms with E-state index < -0.39 is 0 Å². The van der Waals surface area contributed by atoms with Crippen LogP contribution in [0.5, 0.6) is 0 Å². The van der Waals surface area contributed by atoms with Gasteiger partial charge in [0.2, 0.25) is 0 Å². The number of hydrogen-bond donors (Lipinski definition) is 0. The highest BCUT2D eigenvalue weighted by Crippen LogP contribution is 2.39. The van der Waals surface area contributed by atoms with Gasteiger partial charge in [0.05, 0.1) is 6.67 Å². The van der Waals surface area contributed by atoms with E-state index in [0.29, 0.717) is 11.8 Å². The van der Waals surface area contributed by atoms with Crippen LogP contribution in [-0.4, -0.2) is 37.3 Å². The summed E-state index contributed by atoms with van der Waals surface area (Å²) in [5, 5.41) is 4.77. The van der Waals surface area contributed by atoms with E-state index in [1.165, 1.54) is 12.8 Å². The molecule has 0 amide bonds. The number of fused-ring (bicyclic) bond motifs is 1. The number of aromatic nitrogens is 4. The number of rotatable bonds is 4. The molecule has 3 heterocycles. The van der Waals surface area contributed by atoms with Crippen LogP contribution in [0.1, 0.15) is 49.2 Å². The number of oxazole rings is 1. The Morgan fingerprint density at radius 3 is 2.62 bits per heavy atom. The van der Waals surface area contributed by atoms with Gasteiger partial charge < -0.3 is 8.98 Å². The van der Waals surface area contributed by atoms with Crippen LogP contribution < -0.4 is 0 Å². The molecule has 7 heteroatoms. The number of likely N-dealkylation sites (tertiary alicyclic amines) is 1. The maximum absolute atomic E-state index is 5.97. The van der Waals surface area contributed by atoms with Crippen molar-refractivity contribution in [3.63, 3.8) is 0 Å². The van der Waals surface area contributed by atoms with Gasteiger partial charge in [0.15, 0.2) is 16.2 Å². The van der Waals surface area contributed by atoms with Crippen LogP contribution in [-0.2, 0) is 13.7 Å². The van der Waals surface area contributed by atoms with Crippen LogP contribution in [0, 0.1) is 4.77 Å². The summed E-state index contributed by atoms with van der Waals surface area (Å²) in [7, 11) is 2.04. The molecule has 0 spiro atoms. The highest BCUT2D eigenvalue weighted by Gasteiger charge is 2.30. The molecule has 5 rings (SSSR count). The van der Waals surface area contributed by atoms with E-state index in [1.54, 1.807) is 0 Å². The number of hydrogen-bond acceptors (Lipinski definition) is 5. The fourth-order valence-corrected chi connectivity index (χ4v) is 4.06. The molecule has 2 fully saturated rings. The quantitative estimate of drug-likeness (QED) is 0.655. The third kappa shape index (κ3) is 2.89. The van der Waals surface area contributed by atoms with Crippen LogP contribution in [0.15, 0.2) is 28.7 Å². The molecule has 2 aliphatic rings. The Balaban J connectivity index is 1.26. The first-order valence-electron chi connectivity index (χ1n) is 9.40. The average Bonchev–Trinajstić information content (AvgIpc) is 3.35. The smallest absolute Gasteiger partial charge is 0.198 e. The van der Waals surface area contributed by atoms with Crippen molar-refractivity contribution in [3.8, 4) is 0 Å². The summed E-state index contributed by atoms with van der Waals surface area (Å²) in [6, 6.07) is 7.99. The Hall–Kier alpha value is -1.99.